The maximum atomic E-state index is 5.55. The van der Waals surface area contributed by atoms with Crippen LogP contribution in [0.3, 0.4) is 0 Å². The number of nitrogens with two attached hydrogens (primary N) is 2. The van der Waals surface area contributed by atoms with E-state index < -0.39 is 0 Å². The Morgan fingerprint density at radius 3 is 2.71 bits per heavy atom. The molecule has 0 atom stereocenters. The summed E-state index contributed by atoms with van der Waals surface area (Å²) in [5.41, 5.74) is 6.69. The summed E-state index contributed by atoms with van der Waals surface area (Å²) in [5.74, 6) is 5.39. The Labute approximate surface area is 91.7 Å². The summed E-state index contributed by atoms with van der Waals surface area (Å²) in [6.45, 7) is 0.675. The van der Waals surface area contributed by atoms with Crippen molar-refractivity contribution in [1.82, 2.24) is 4.90 Å². The molecule has 14 heavy (non-hydrogen) atoms. The number of benzene rings is 1. The molecule has 0 radical (unpaired) electrons. The number of halogens is 1. The third-order valence-corrected chi connectivity index (χ3v) is 2.66. The first-order valence-corrected chi connectivity index (χ1v) is 4.92. The standard InChI is InChI=1S/C9H13BrN4/c1-14(9(11)13-12)6-7-4-2-3-5-8(7)10/h2-5H,6,12H2,1H3,(H2,11,13). The molecule has 4 N–H and O–H groups in total. The lowest BCUT2D eigenvalue weighted by molar-refractivity contribution is 0.491. The Morgan fingerprint density at radius 1 is 1.50 bits per heavy atom. The summed E-state index contributed by atoms with van der Waals surface area (Å²) in [7, 11) is 1.84. The van der Waals surface area contributed by atoms with E-state index in [1.54, 1.807) is 4.90 Å². The Hall–Kier alpha value is -1.23. The summed E-state index contributed by atoms with van der Waals surface area (Å²) < 4.78 is 1.05. The van der Waals surface area contributed by atoms with Gasteiger partial charge in [0.1, 0.15) is 0 Å². The molecule has 0 saturated carbocycles. The smallest absolute Gasteiger partial charge is 0.213 e. The molecular formula is C9H13BrN4. The van der Waals surface area contributed by atoms with E-state index in [1.165, 1.54) is 0 Å². The molecule has 0 aliphatic rings. The third kappa shape index (κ3) is 2.63. The van der Waals surface area contributed by atoms with Gasteiger partial charge in [-0.15, -0.1) is 5.10 Å². The van der Waals surface area contributed by atoms with Crippen LogP contribution in [0, 0.1) is 0 Å². The van der Waals surface area contributed by atoms with Crippen LogP contribution >= 0.6 is 15.9 Å². The fourth-order valence-corrected chi connectivity index (χ4v) is 1.47. The van der Waals surface area contributed by atoms with Crippen molar-refractivity contribution in [1.29, 1.82) is 0 Å². The second-order valence-corrected chi connectivity index (χ2v) is 3.79. The highest BCUT2D eigenvalue weighted by molar-refractivity contribution is 9.10. The van der Waals surface area contributed by atoms with E-state index in [0.29, 0.717) is 12.5 Å². The van der Waals surface area contributed by atoms with Crippen LogP contribution in [-0.2, 0) is 6.54 Å². The van der Waals surface area contributed by atoms with Crippen molar-refractivity contribution in [2.24, 2.45) is 16.7 Å². The van der Waals surface area contributed by atoms with E-state index >= 15 is 0 Å². The Morgan fingerprint density at radius 2 is 2.14 bits per heavy atom. The predicted molar refractivity (Wildman–Crippen MR) is 61.4 cm³/mol. The molecule has 1 aromatic carbocycles. The van der Waals surface area contributed by atoms with Crippen LogP contribution in [0.25, 0.3) is 0 Å². The lowest BCUT2D eigenvalue weighted by Crippen LogP contribution is -2.34. The first-order chi connectivity index (χ1) is 6.65. The van der Waals surface area contributed by atoms with Crippen LogP contribution in [0.2, 0.25) is 0 Å². The molecule has 0 aliphatic heterocycles. The molecule has 0 saturated heterocycles. The fraction of sp³-hybridized carbons (Fsp3) is 0.222. The average molecular weight is 257 g/mol. The van der Waals surface area contributed by atoms with E-state index in [4.69, 9.17) is 11.6 Å². The van der Waals surface area contributed by atoms with Crippen molar-refractivity contribution >= 4 is 21.9 Å². The largest absolute Gasteiger partial charge is 0.368 e. The molecule has 76 valence electrons. The van der Waals surface area contributed by atoms with Crippen LogP contribution in [0.5, 0.6) is 0 Å². The van der Waals surface area contributed by atoms with Gasteiger partial charge in [-0.05, 0) is 11.6 Å². The van der Waals surface area contributed by atoms with Gasteiger partial charge in [-0.25, -0.2) is 0 Å². The van der Waals surface area contributed by atoms with Gasteiger partial charge in [0.05, 0.1) is 0 Å². The minimum Gasteiger partial charge on any atom is -0.368 e. The summed E-state index contributed by atoms with van der Waals surface area (Å²) in [6.07, 6.45) is 0. The average Bonchev–Trinajstić information content (AvgIpc) is 2.20. The first-order valence-electron chi connectivity index (χ1n) is 4.13. The van der Waals surface area contributed by atoms with Gasteiger partial charge in [0.25, 0.3) is 0 Å². The lowest BCUT2D eigenvalue weighted by atomic mass is 10.2. The van der Waals surface area contributed by atoms with Crippen LogP contribution in [0.4, 0.5) is 0 Å². The quantitative estimate of drug-likeness (QED) is 0.360. The molecule has 4 nitrogen and oxygen atoms in total. The molecule has 0 amide bonds. The van der Waals surface area contributed by atoms with Gasteiger partial charge in [0, 0.05) is 18.1 Å². The van der Waals surface area contributed by atoms with E-state index in [1.807, 2.05) is 31.3 Å². The maximum absolute atomic E-state index is 5.55. The third-order valence-electron chi connectivity index (χ3n) is 1.89. The molecule has 0 bridgehead atoms. The normalized spacial score (nSPS) is 11.4. The number of hydrazone groups is 1. The molecule has 0 aliphatic carbocycles. The lowest BCUT2D eigenvalue weighted by Gasteiger charge is -2.17. The number of rotatable bonds is 2. The van der Waals surface area contributed by atoms with Crippen LogP contribution in [0.15, 0.2) is 33.8 Å². The molecule has 0 spiro atoms. The maximum Gasteiger partial charge on any atom is 0.213 e. The molecule has 1 aromatic rings. The van der Waals surface area contributed by atoms with Crippen molar-refractivity contribution in [2.45, 2.75) is 6.54 Å². The Balaban J connectivity index is 2.74. The first kappa shape index (κ1) is 10.8. The van der Waals surface area contributed by atoms with E-state index in [2.05, 4.69) is 21.0 Å². The zero-order chi connectivity index (χ0) is 10.6. The van der Waals surface area contributed by atoms with Crippen LogP contribution in [-0.4, -0.2) is 17.9 Å². The van der Waals surface area contributed by atoms with Crippen molar-refractivity contribution in [3.05, 3.63) is 34.3 Å². The number of guanidine groups is 1. The van der Waals surface area contributed by atoms with E-state index in [-0.39, 0.29) is 0 Å². The van der Waals surface area contributed by atoms with Gasteiger partial charge < -0.3 is 16.5 Å². The topological polar surface area (TPSA) is 67.6 Å². The summed E-state index contributed by atoms with van der Waals surface area (Å²) in [4.78, 5) is 1.78. The van der Waals surface area contributed by atoms with E-state index in [0.717, 1.165) is 10.0 Å². The van der Waals surface area contributed by atoms with Crippen molar-refractivity contribution in [3.63, 3.8) is 0 Å². The minimum absolute atomic E-state index is 0.320. The minimum atomic E-state index is 0.320. The predicted octanol–water partition coefficient (Wildman–Crippen LogP) is 1.07. The van der Waals surface area contributed by atoms with Crippen LogP contribution in [0.1, 0.15) is 5.56 Å². The highest BCUT2D eigenvalue weighted by Crippen LogP contribution is 2.16. The Bertz CT molecular complexity index is 337. The van der Waals surface area contributed by atoms with Gasteiger partial charge >= 0.3 is 0 Å². The van der Waals surface area contributed by atoms with E-state index in [9.17, 15) is 0 Å². The van der Waals surface area contributed by atoms with Gasteiger partial charge in [0.15, 0.2) is 0 Å². The van der Waals surface area contributed by atoms with Crippen molar-refractivity contribution in [3.8, 4) is 0 Å². The molecular weight excluding hydrogens is 244 g/mol. The SMILES string of the molecule is CN(Cc1ccccc1Br)C(N)=NN. The summed E-state index contributed by atoms with van der Waals surface area (Å²) in [5, 5.41) is 3.42. The zero-order valence-corrected chi connectivity index (χ0v) is 9.53. The molecule has 5 heteroatoms. The summed E-state index contributed by atoms with van der Waals surface area (Å²) >= 11 is 3.46. The molecule has 0 heterocycles. The van der Waals surface area contributed by atoms with Crippen LogP contribution < -0.4 is 11.6 Å². The molecule has 0 unspecified atom stereocenters. The van der Waals surface area contributed by atoms with Crippen molar-refractivity contribution < 1.29 is 0 Å². The zero-order valence-electron chi connectivity index (χ0n) is 7.94. The van der Waals surface area contributed by atoms with Crippen molar-refractivity contribution in [2.75, 3.05) is 7.05 Å². The van der Waals surface area contributed by atoms with Gasteiger partial charge in [-0.1, -0.05) is 34.1 Å². The second kappa shape index (κ2) is 4.85. The summed E-state index contributed by atoms with van der Waals surface area (Å²) in [6, 6.07) is 7.95. The monoisotopic (exact) mass is 256 g/mol. The number of hydrogen-bond donors (Lipinski definition) is 2. The number of hydrogen-bond acceptors (Lipinski definition) is 2. The second-order valence-electron chi connectivity index (χ2n) is 2.93. The Kier molecular flexibility index (Phi) is 3.76. The fourth-order valence-electron chi connectivity index (χ4n) is 1.06. The highest BCUT2D eigenvalue weighted by Gasteiger charge is 2.04. The highest BCUT2D eigenvalue weighted by atomic mass is 79.9. The van der Waals surface area contributed by atoms with Gasteiger partial charge in [-0.3, -0.25) is 0 Å². The van der Waals surface area contributed by atoms with Gasteiger partial charge in [0.2, 0.25) is 5.96 Å². The van der Waals surface area contributed by atoms with Gasteiger partial charge in [-0.2, -0.15) is 0 Å². The number of nitrogens with zero attached hydrogens (tertiary/aromatic N) is 2. The molecule has 1 rings (SSSR count). The molecule has 0 aromatic heterocycles. The molecule has 0 fully saturated rings.